The largest absolute Gasteiger partial charge is 0.351 e. The quantitative estimate of drug-likeness (QED) is 0.898. The van der Waals surface area contributed by atoms with Gasteiger partial charge in [-0.05, 0) is 43.0 Å². The molecule has 1 aromatic carbocycles. The number of piperidine rings is 1. The Morgan fingerprint density at radius 2 is 2.30 bits per heavy atom. The molecule has 1 amide bonds. The predicted octanol–water partition coefficient (Wildman–Crippen LogP) is 3.02. The van der Waals surface area contributed by atoms with E-state index in [-0.39, 0.29) is 28.8 Å². The average Bonchev–Trinajstić information content (AvgIpc) is 2.40. The molecule has 1 aliphatic heterocycles. The standard InChI is InChI=1S/C14H18ClFN2O.ClH/c1-14(5-2-6-17-8-14)9-18-13(19)10-3-4-11(15)12(16)7-10;/h3-4,7,17H,2,5-6,8-9H2,1H3,(H,18,19);1H. The first kappa shape index (κ1) is 17.2. The lowest BCUT2D eigenvalue weighted by molar-refractivity contribution is 0.0924. The maximum absolute atomic E-state index is 13.3. The van der Waals surface area contributed by atoms with Crippen molar-refractivity contribution in [1.29, 1.82) is 0 Å². The number of benzene rings is 1. The van der Waals surface area contributed by atoms with Crippen LogP contribution in [-0.4, -0.2) is 25.5 Å². The molecule has 1 atom stereocenters. The third kappa shape index (κ3) is 4.33. The maximum atomic E-state index is 13.3. The number of hydrogen-bond donors (Lipinski definition) is 2. The van der Waals surface area contributed by atoms with Gasteiger partial charge in [-0.25, -0.2) is 4.39 Å². The van der Waals surface area contributed by atoms with Crippen molar-refractivity contribution in [2.75, 3.05) is 19.6 Å². The Bertz CT molecular complexity index is 476. The molecule has 3 nitrogen and oxygen atoms in total. The van der Waals surface area contributed by atoms with Gasteiger partial charge in [-0.1, -0.05) is 18.5 Å². The van der Waals surface area contributed by atoms with Gasteiger partial charge in [-0.15, -0.1) is 12.4 Å². The first-order chi connectivity index (χ1) is 9.00. The van der Waals surface area contributed by atoms with Crippen molar-refractivity contribution in [2.24, 2.45) is 5.41 Å². The Hall–Kier alpha value is -0.840. The third-order valence-electron chi connectivity index (χ3n) is 3.54. The fourth-order valence-electron chi connectivity index (χ4n) is 2.30. The van der Waals surface area contributed by atoms with Crippen molar-refractivity contribution in [1.82, 2.24) is 10.6 Å². The zero-order chi connectivity index (χ0) is 13.9. The molecule has 1 unspecified atom stereocenters. The molecule has 1 aromatic rings. The molecule has 1 heterocycles. The molecule has 1 fully saturated rings. The second-order valence-electron chi connectivity index (χ2n) is 5.40. The van der Waals surface area contributed by atoms with E-state index in [9.17, 15) is 9.18 Å². The fraction of sp³-hybridized carbons (Fsp3) is 0.500. The highest BCUT2D eigenvalue weighted by Crippen LogP contribution is 2.24. The molecule has 0 spiro atoms. The summed E-state index contributed by atoms with van der Waals surface area (Å²) in [5.74, 6) is -0.831. The molecule has 112 valence electrons. The summed E-state index contributed by atoms with van der Waals surface area (Å²) in [7, 11) is 0. The van der Waals surface area contributed by atoms with E-state index in [0.29, 0.717) is 12.1 Å². The molecule has 1 aliphatic rings. The highest BCUT2D eigenvalue weighted by molar-refractivity contribution is 6.30. The van der Waals surface area contributed by atoms with E-state index in [1.165, 1.54) is 18.2 Å². The van der Waals surface area contributed by atoms with Crippen LogP contribution in [0, 0.1) is 11.2 Å². The molecule has 1 saturated heterocycles. The van der Waals surface area contributed by atoms with Gasteiger partial charge in [-0.3, -0.25) is 4.79 Å². The van der Waals surface area contributed by atoms with Crippen LogP contribution in [0.4, 0.5) is 4.39 Å². The van der Waals surface area contributed by atoms with Crippen LogP contribution in [0.1, 0.15) is 30.1 Å². The summed E-state index contributed by atoms with van der Waals surface area (Å²) in [4.78, 5) is 12.0. The first-order valence-corrected chi connectivity index (χ1v) is 6.82. The number of nitrogens with one attached hydrogen (secondary N) is 2. The second-order valence-corrected chi connectivity index (χ2v) is 5.81. The number of amides is 1. The van der Waals surface area contributed by atoms with Crippen molar-refractivity contribution in [3.8, 4) is 0 Å². The van der Waals surface area contributed by atoms with Gasteiger partial charge < -0.3 is 10.6 Å². The van der Waals surface area contributed by atoms with E-state index < -0.39 is 5.82 Å². The lowest BCUT2D eigenvalue weighted by atomic mass is 9.83. The smallest absolute Gasteiger partial charge is 0.251 e. The minimum absolute atomic E-state index is 0. The van der Waals surface area contributed by atoms with E-state index in [2.05, 4.69) is 17.6 Å². The summed E-state index contributed by atoms with van der Waals surface area (Å²) < 4.78 is 13.3. The lowest BCUT2D eigenvalue weighted by Crippen LogP contribution is -2.45. The number of carbonyl (C=O) groups excluding carboxylic acids is 1. The molecule has 0 aliphatic carbocycles. The molecule has 6 heteroatoms. The van der Waals surface area contributed by atoms with Crippen molar-refractivity contribution < 1.29 is 9.18 Å². The van der Waals surface area contributed by atoms with Crippen LogP contribution >= 0.6 is 24.0 Å². The summed E-state index contributed by atoms with van der Waals surface area (Å²) in [5, 5.41) is 6.22. The monoisotopic (exact) mass is 320 g/mol. The minimum atomic E-state index is -0.570. The van der Waals surface area contributed by atoms with E-state index in [1.807, 2.05) is 0 Å². The zero-order valence-electron chi connectivity index (χ0n) is 11.3. The van der Waals surface area contributed by atoms with Gasteiger partial charge >= 0.3 is 0 Å². The molecular weight excluding hydrogens is 302 g/mol. The van der Waals surface area contributed by atoms with Crippen molar-refractivity contribution in [2.45, 2.75) is 19.8 Å². The molecule has 0 bridgehead atoms. The Morgan fingerprint density at radius 3 is 2.90 bits per heavy atom. The van der Waals surface area contributed by atoms with Gasteiger partial charge in [0.1, 0.15) is 5.82 Å². The van der Waals surface area contributed by atoms with Crippen molar-refractivity contribution in [3.05, 3.63) is 34.6 Å². The van der Waals surface area contributed by atoms with E-state index in [1.54, 1.807) is 0 Å². The molecule has 2 N–H and O–H groups in total. The zero-order valence-corrected chi connectivity index (χ0v) is 12.9. The maximum Gasteiger partial charge on any atom is 0.251 e. The third-order valence-corrected chi connectivity index (χ3v) is 3.85. The Morgan fingerprint density at radius 1 is 1.55 bits per heavy atom. The summed E-state index contributed by atoms with van der Waals surface area (Å²) in [6.45, 7) is 4.65. The van der Waals surface area contributed by atoms with Gasteiger partial charge in [0, 0.05) is 18.7 Å². The topological polar surface area (TPSA) is 41.1 Å². The normalized spacial score (nSPS) is 21.9. The highest BCUT2D eigenvalue weighted by Gasteiger charge is 2.27. The predicted molar refractivity (Wildman–Crippen MR) is 81.2 cm³/mol. The Balaban J connectivity index is 0.00000200. The molecule has 0 aromatic heterocycles. The second kappa shape index (κ2) is 7.25. The number of halogens is 3. The molecule has 0 saturated carbocycles. The highest BCUT2D eigenvalue weighted by atomic mass is 35.5. The summed E-state index contributed by atoms with van der Waals surface area (Å²) >= 11 is 5.59. The van der Waals surface area contributed by atoms with E-state index in [4.69, 9.17) is 11.6 Å². The van der Waals surface area contributed by atoms with Gasteiger partial charge in [0.25, 0.3) is 5.91 Å². The fourth-order valence-corrected chi connectivity index (χ4v) is 2.42. The Labute approximate surface area is 129 Å². The molecular formula is C14H19Cl2FN2O. The van der Waals surface area contributed by atoms with Crippen LogP contribution < -0.4 is 10.6 Å². The SMILES string of the molecule is CC1(CNC(=O)c2ccc(Cl)c(F)c2)CCCNC1.Cl. The van der Waals surface area contributed by atoms with Crippen LogP contribution in [0.3, 0.4) is 0 Å². The van der Waals surface area contributed by atoms with Crippen molar-refractivity contribution >= 4 is 29.9 Å². The number of rotatable bonds is 3. The number of hydrogen-bond acceptors (Lipinski definition) is 2. The van der Waals surface area contributed by atoms with Crippen molar-refractivity contribution in [3.63, 3.8) is 0 Å². The van der Waals surface area contributed by atoms with Gasteiger partial charge in [0.15, 0.2) is 0 Å². The minimum Gasteiger partial charge on any atom is -0.351 e. The van der Waals surface area contributed by atoms with Crippen LogP contribution in [0.2, 0.25) is 5.02 Å². The van der Waals surface area contributed by atoms with E-state index in [0.717, 1.165) is 25.9 Å². The van der Waals surface area contributed by atoms with Crippen LogP contribution in [-0.2, 0) is 0 Å². The van der Waals surface area contributed by atoms with Gasteiger partial charge in [-0.2, -0.15) is 0 Å². The number of carbonyl (C=O) groups is 1. The van der Waals surface area contributed by atoms with Crippen LogP contribution in [0.5, 0.6) is 0 Å². The van der Waals surface area contributed by atoms with E-state index >= 15 is 0 Å². The average molecular weight is 321 g/mol. The van der Waals surface area contributed by atoms with Gasteiger partial charge in [0.05, 0.1) is 5.02 Å². The Kier molecular flexibility index (Phi) is 6.24. The summed E-state index contributed by atoms with van der Waals surface area (Å²) in [6.07, 6.45) is 2.19. The van der Waals surface area contributed by atoms with Gasteiger partial charge in [0.2, 0.25) is 0 Å². The molecule has 2 rings (SSSR count). The van der Waals surface area contributed by atoms with Crippen LogP contribution in [0.25, 0.3) is 0 Å². The lowest BCUT2D eigenvalue weighted by Gasteiger charge is -2.34. The first-order valence-electron chi connectivity index (χ1n) is 6.44. The molecule has 0 radical (unpaired) electrons. The summed E-state index contributed by atoms with van der Waals surface area (Å²) in [5.41, 5.74) is 0.369. The van der Waals surface area contributed by atoms with Crippen LogP contribution in [0.15, 0.2) is 18.2 Å². The summed E-state index contributed by atoms with van der Waals surface area (Å²) in [6, 6.07) is 4.09. The molecule has 20 heavy (non-hydrogen) atoms.